The second kappa shape index (κ2) is 10.9. The molecule has 2 aromatic carbocycles. The molecule has 170 valence electrons. The third-order valence-electron chi connectivity index (χ3n) is 5.19. The van der Waals surface area contributed by atoms with Crippen molar-refractivity contribution >= 4 is 23.2 Å². The van der Waals surface area contributed by atoms with Gasteiger partial charge in [0.1, 0.15) is 6.10 Å². The molecule has 3 N–H and O–H groups in total. The van der Waals surface area contributed by atoms with Crippen molar-refractivity contribution in [2.24, 2.45) is 4.99 Å². The molecule has 1 unspecified atom stereocenters. The van der Waals surface area contributed by atoms with Crippen LogP contribution in [-0.4, -0.2) is 44.3 Å². The van der Waals surface area contributed by atoms with Gasteiger partial charge >= 0.3 is 0 Å². The van der Waals surface area contributed by atoms with E-state index in [1.807, 2.05) is 49.4 Å². The SMILES string of the molecule is CCNC(=NCc1cccc(NC(=O)C2CCCO2)c1)Nc1ccc2c(c1)OCCCO2. The van der Waals surface area contributed by atoms with Crippen LogP contribution in [0, 0.1) is 0 Å². The van der Waals surface area contributed by atoms with Gasteiger partial charge in [0.25, 0.3) is 5.91 Å². The summed E-state index contributed by atoms with van der Waals surface area (Å²) in [6.45, 7) is 5.17. The average Bonchev–Trinajstić information content (AvgIpc) is 3.24. The van der Waals surface area contributed by atoms with Crippen LogP contribution in [-0.2, 0) is 16.1 Å². The van der Waals surface area contributed by atoms with E-state index in [0.717, 1.165) is 54.2 Å². The first-order valence-electron chi connectivity index (χ1n) is 11.2. The molecule has 8 nitrogen and oxygen atoms in total. The molecule has 0 aromatic heterocycles. The van der Waals surface area contributed by atoms with Crippen molar-refractivity contribution in [1.82, 2.24) is 5.32 Å². The van der Waals surface area contributed by atoms with Crippen LogP contribution in [0.5, 0.6) is 11.5 Å². The molecule has 2 aliphatic rings. The number of aliphatic imine (C=N–C) groups is 1. The maximum absolute atomic E-state index is 12.3. The molecule has 0 saturated carbocycles. The van der Waals surface area contributed by atoms with Gasteiger partial charge in [0.2, 0.25) is 0 Å². The minimum atomic E-state index is -0.350. The Labute approximate surface area is 188 Å². The third-order valence-corrected chi connectivity index (χ3v) is 5.19. The molecule has 2 aliphatic heterocycles. The van der Waals surface area contributed by atoms with E-state index in [2.05, 4.69) is 16.0 Å². The molecule has 32 heavy (non-hydrogen) atoms. The zero-order chi connectivity index (χ0) is 22.2. The predicted molar refractivity (Wildman–Crippen MR) is 125 cm³/mol. The number of carbonyl (C=O) groups excluding carboxylic acids is 1. The van der Waals surface area contributed by atoms with Crippen molar-refractivity contribution in [2.45, 2.75) is 38.8 Å². The summed E-state index contributed by atoms with van der Waals surface area (Å²) in [5.74, 6) is 2.07. The van der Waals surface area contributed by atoms with Crippen molar-refractivity contribution in [1.29, 1.82) is 0 Å². The standard InChI is InChI=1S/C24H30N4O4/c1-2-25-24(28-19-9-10-20-22(15-19)32-13-5-12-30-20)26-16-17-6-3-7-18(14-17)27-23(29)21-8-4-11-31-21/h3,6-7,9-10,14-15,21H,2,4-5,8,11-13,16H2,1H3,(H,27,29)(H2,25,26,28). The lowest BCUT2D eigenvalue weighted by atomic mass is 10.2. The van der Waals surface area contributed by atoms with Gasteiger partial charge in [-0.1, -0.05) is 12.1 Å². The predicted octanol–water partition coefficient (Wildman–Crippen LogP) is 3.54. The summed E-state index contributed by atoms with van der Waals surface area (Å²) in [5, 5.41) is 9.52. The Morgan fingerprint density at radius 3 is 2.66 bits per heavy atom. The van der Waals surface area contributed by atoms with Gasteiger partial charge in [0.15, 0.2) is 17.5 Å². The largest absolute Gasteiger partial charge is 0.490 e. The molecule has 0 radical (unpaired) electrons. The molecule has 0 aliphatic carbocycles. The monoisotopic (exact) mass is 438 g/mol. The van der Waals surface area contributed by atoms with Crippen LogP contribution in [0.3, 0.4) is 0 Å². The van der Waals surface area contributed by atoms with Crippen LogP contribution in [0.2, 0.25) is 0 Å². The fourth-order valence-corrected chi connectivity index (χ4v) is 3.61. The van der Waals surface area contributed by atoms with E-state index in [1.165, 1.54) is 0 Å². The van der Waals surface area contributed by atoms with E-state index < -0.39 is 0 Å². The number of nitrogens with zero attached hydrogens (tertiary/aromatic N) is 1. The molecule has 2 aromatic rings. The molecule has 8 heteroatoms. The fourth-order valence-electron chi connectivity index (χ4n) is 3.61. The second-order valence-electron chi connectivity index (χ2n) is 7.72. The highest BCUT2D eigenvalue weighted by molar-refractivity contribution is 5.95. The first kappa shape index (κ1) is 22.0. The van der Waals surface area contributed by atoms with E-state index >= 15 is 0 Å². The Hall–Kier alpha value is -3.26. The number of hydrogen-bond donors (Lipinski definition) is 3. The van der Waals surface area contributed by atoms with Crippen molar-refractivity contribution in [3.63, 3.8) is 0 Å². The number of benzene rings is 2. The Balaban J connectivity index is 1.41. The quantitative estimate of drug-likeness (QED) is 0.472. The summed E-state index contributed by atoms with van der Waals surface area (Å²) in [4.78, 5) is 17.0. The lowest BCUT2D eigenvalue weighted by molar-refractivity contribution is -0.124. The number of anilines is 2. The lowest BCUT2D eigenvalue weighted by Crippen LogP contribution is -2.30. The average molecular weight is 439 g/mol. The number of guanidine groups is 1. The van der Waals surface area contributed by atoms with Crippen molar-refractivity contribution < 1.29 is 19.0 Å². The summed E-state index contributed by atoms with van der Waals surface area (Å²) in [6.07, 6.45) is 2.22. The van der Waals surface area contributed by atoms with Crippen LogP contribution in [0.1, 0.15) is 31.7 Å². The number of amides is 1. The van der Waals surface area contributed by atoms with Gasteiger partial charge in [-0.15, -0.1) is 0 Å². The zero-order valence-electron chi connectivity index (χ0n) is 18.4. The van der Waals surface area contributed by atoms with E-state index in [9.17, 15) is 4.79 Å². The van der Waals surface area contributed by atoms with Gasteiger partial charge in [0.05, 0.1) is 19.8 Å². The van der Waals surface area contributed by atoms with Crippen LogP contribution >= 0.6 is 0 Å². The zero-order valence-corrected chi connectivity index (χ0v) is 18.4. The fraction of sp³-hybridized carbons (Fsp3) is 0.417. The summed E-state index contributed by atoms with van der Waals surface area (Å²) in [5.41, 5.74) is 2.61. The summed E-state index contributed by atoms with van der Waals surface area (Å²) in [6, 6.07) is 13.5. The highest BCUT2D eigenvalue weighted by Gasteiger charge is 2.23. The first-order valence-corrected chi connectivity index (χ1v) is 11.2. The van der Waals surface area contributed by atoms with Crippen LogP contribution in [0.4, 0.5) is 11.4 Å². The molecule has 1 atom stereocenters. The van der Waals surface area contributed by atoms with Crippen molar-refractivity contribution in [2.75, 3.05) is 37.0 Å². The van der Waals surface area contributed by atoms with Crippen LogP contribution in [0.25, 0.3) is 0 Å². The second-order valence-corrected chi connectivity index (χ2v) is 7.72. The molecule has 4 rings (SSSR count). The number of hydrogen-bond acceptors (Lipinski definition) is 5. The molecular weight excluding hydrogens is 408 g/mol. The maximum atomic E-state index is 12.3. The molecule has 1 fully saturated rings. The molecule has 0 spiro atoms. The number of rotatable bonds is 6. The van der Waals surface area contributed by atoms with Crippen molar-refractivity contribution in [3.8, 4) is 11.5 Å². The van der Waals surface area contributed by atoms with Crippen LogP contribution in [0.15, 0.2) is 47.5 Å². The Morgan fingerprint density at radius 2 is 1.84 bits per heavy atom. The minimum absolute atomic E-state index is 0.0902. The maximum Gasteiger partial charge on any atom is 0.253 e. The van der Waals surface area contributed by atoms with E-state index in [0.29, 0.717) is 32.3 Å². The number of carbonyl (C=O) groups is 1. The van der Waals surface area contributed by atoms with Crippen LogP contribution < -0.4 is 25.4 Å². The Morgan fingerprint density at radius 1 is 1.00 bits per heavy atom. The number of nitrogens with one attached hydrogen (secondary N) is 3. The summed E-state index contributed by atoms with van der Waals surface area (Å²) < 4.78 is 16.9. The molecule has 0 bridgehead atoms. The molecule has 1 amide bonds. The molecule has 2 heterocycles. The van der Waals surface area contributed by atoms with Gasteiger partial charge in [-0.2, -0.15) is 0 Å². The van der Waals surface area contributed by atoms with E-state index in [-0.39, 0.29) is 12.0 Å². The Kier molecular flexibility index (Phi) is 7.45. The highest BCUT2D eigenvalue weighted by Crippen LogP contribution is 2.32. The minimum Gasteiger partial charge on any atom is -0.490 e. The number of fused-ring (bicyclic) bond motifs is 1. The first-order chi connectivity index (χ1) is 15.7. The van der Waals surface area contributed by atoms with Gasteiger partial charge in [0, 0.05) is 37.0 Å². The smallest absolute Gasteiger partial charge is 0.253 e. The lowest BCUT2D eigenvalue weighted by Gasteiger charge is -2.14. The van der Waals surface area contributed by atoms with E-state index in [1.54, 1.807) is 0 Å². The molecular formula is C24H30N4O4. The molecule has 1 saturated heterocycles. The highest BCUT2D eigenvalue weighted by atomic mass is 16.5. The Bertz CT molecular complexity index is 957. The van der Waals surface area contributed by atoms with Crippen molar-refractivity contribution in [3.05, 3.63) is 48.0 Å². The van der Waals surface area contributed by atoms with Gasteiger partial charge in [-0.3, -0.25) is 4.79 Å². The third kappa shape index (κ3) is 5.91. The normalized spacial score (nSPS) is 18.0. The number of ether oxygens (including phenoxy) is 3. The van der Waals surface area contributed by atoms with Gasteiger partial charge < -0.3 is 30.2 Å². The summed E-state index contributed by atoms with van der Waals surface area (Å²) in [7, 11) is 0. The topological polar surface area (TPSA) is 93.2 Å². The van der Waals surface area contributed by atoms with E-state index in [4.69, 9.17) is 19.2 Å². The summed E-state index contributed by atoms with van der Waals surface area (Å²) >= 11 is 0. The van der Waals surface area contributed by atoms with Gasteiger partial charge in [-0.25, -0.2) is 4.99 Å². The van der Waals surface area contributed by atoms with Gasteiger partial charge in [-0.05, 0) is 49.6 Å².